The lowest BCUT2D eigenvalue weighted by Crippen LogP contribution is -2.23. The minimum atomic E-state index is -0.117. The van der Waals surface area contributed by atoms with E-state index in [9.17, 15) is 0 Å². The highest BCUT2D eigenvalue weighted by Gasteiger charge is 2.26. The summed E-state index contributed by atoms with van der Waals surface area (Å²) >= 11 is 3.47. The molecule has 1 aliphatic carbocycles. The van der Waals surface area contributed by atoms with E-state index >= 15 is 0 Å². The van der Waals surface area contributed by atoms with Crippen molar-refractivity contribution in [1.29, 1.82) is 0 Å². The monoisotopic (exact) mass is 349 g/mol. The molecule has 1 aromatic heterocycles. The molecule has 0 radical (unpaired) electrons. The highest BCUT2D eigenvalue weighted by atomic mass is 79.9. The molecular weight excluding hydrogens is 330 g/mol. The second kappa shape index (κ2) is 6.71. The molecule has 2 aromatic rings. The van der Waals surface area contributed by atoms with E-state index in [-0.39, 0.29) is 6.04 Å². The predicted molar refractivity (Wildman–Crippen MR) is 84.7 cm³/mol. The molecule has 0 bridgehead atoms. The first-order valence-corrected chi connectivity index (χ1v) is 8.34. The molecule has 1 unspecified atom stereocenters. The first-order valence-electron chi connectivity index (χ1n) is 7.55. The van der Waals surface area contributed by atoms with E-state index < -0.39 is 0 Å². The smallest absolute Gasteiger partial charge is 0.243 e. The lowest BCUT2D eigenvalue weighted by molar-refractivity contribution is 0.255. The Bertz CT molecular complexity index is 593. The second-order valence-corrected chi connectivity index (χ2v) is 6.70. The summed E-state index contributed by atoms with van der Waals surface area (Å²) in [6.07, 6.45) is 6.85. The van der Waals surface area contributed by atoms with Gasteiger partial charge >= 0.3 is 0 Å². The summed E-state index contributed by atoms with van der Waals surface area (Å²) in [5, 5.41) is 4.08. The van der Waals surface area contributed by atoms with Crippen molar-refractivity contribution in [1.82, 2.24) is 10.1 Å². The molecule has 0 saturated heterocycles. The molecule has 1 atom stereocenters. The van der Waals surface area contributed by atoms with Gasteiger partial charge in [-0.3, -0.25) is 0 Å². The van der Waals surface area contributed by atoms with Gasteiger partial charge in [-0.25, -0.2) is 0 Å². The summed E-state index contributed by atoms with van der Waals surface area (Å²) in [5.74, 6) is 1.78. The Morgan fingerprint density at radius 1 is 1.29 bits per heavy atom. The molecule has 1 aliphatic rings. The number of benzene rings is 1. The summed E-state index contributed by atoms with van der Waals surface area (Å²) in [5.41, 5.74) is 7.45. The maximum atomic E-state index is 6.30. The molecule has 4 nitrogen and oxygen atoms in total. The van der Waals surface area contributed by atoms with E-state index in [0.717, 1.165) is 10.0 Å². The van der Waals surface area contributed by atoms with Crippen LogP contribution in [0.3, 0.4) is 0 Å². The highest BCUT2D eigenvalue weighted by molar-refractivity contribution is 9.10. The highest BCUT2D eigenvalue weighted by Crippen LogP contribution is 2.32. The molecule has 5 heteroatoms. The normalized spacial score (nSPS) is 17.8. The standard InChI is InChI=1S/C16H20BrN3O/c17-13-8-4-5-11(9-13)10-14-19-16(21-20-14)15(18)12-6-2-1-3-7-12/h4-5,8-9,12,15H,1-3,6-7,10,18H2. The number of hydrogen-bond donors (Lipinski definition) is 1. The third-order valence-electron chi connectivity index (χ3n) is 4.18. The van der Waals surface area contributed by atoms with Crippen LogP contribution in [0.15, 0.2) is 33.3 Å². The Hall–Kier alpha value is -1.20. The fourth-order valence-electron chi connectivity index (χ4n) is 3.00. The van der Waals surface area contributed by atoms with Crippen LogP contribution in [0.1, 0.15) is 55.4 Å². The number of nitrogens with two attached hydrogens (primary N) is 1. The van der Waals surface area contributed by atoms with E-state index in [1.54, 1.807) is 0 Å². The lowest BCUT2D eigenvalue weighted by atomic mass is 9.84. The van der Waals surface area contributed by atoms with Crippen molar-refractivity contribution < 1.29 is 4.52 Å². The maximum Gasteiger partial charge on any atom is 0.243 e. The van der Waals surface area contributed by atoms with Crippen LogP contribution in [0.5, 0.6) is 0 Å². The largest absolute Gasteiger partial charge is 0.338 e. The van der Waals surface area contributed by atoms with Crippen molar-refractivity contribution in [3.8, 4) is 0 Å². The second-order valence-electron chi connectivity index (χ2n) is 5.78. The van der Waals surface area contributed by atoms with E-state index in [1.807, 2.05) is 12.1 Å². The van der Waals surface area contributed by atoms with Crippen molar-refractivity contribution in [2.75, 3.05) is 0 Å². The molecular formula is C16H20BrN3O. The van der Waals surface area contributed by atoms with Crippen molar-refractivity contribution in [3.05, 3.63) is 46.0 Å². The quantitative estimate of drug-likeness (QED) is 0.905. The summed E-state index contributed by atoms with van der Waals surface area (Å²) in [7, 11) is 0. The number of hydrogen-bond acceptors (Lipinski definition) is 4. The Balaban J connectivity index is 1.68. The molecule has 0 aliphatic heterocycles. The predicted octanol–water partition coefficient (Wildman–Crippen LogP) is 4.00. The van der Waals surface area contributed by atoms with E-state index in [1.165, 1.54) is 32.1 Å². The molecule has 1 heterocycles. The van der Waals surface area contributed by atoms with Crippen molar-refractivity contribution in [2.24, 2.45) is 11.7 Å². The van der Waals surface area contributed by atoms with Crippen LogP contribution in [0.4, 0.5) is 0 Å². The Labute approximate surface area is 133 Å². The molecule has 1 saturated carbocycles. The van der Waals surface area contributed by atoms with Crippen molar-refractivity contribution in [3.63, 3.8) is 0 Å². The Morgan fingerprint density at radius 2 is 2.10 bits per heavy atom. The Morgan fingerprint density at radius 3 is 2.86 bits per heavy atom. The molecule has 112 valence electrons. The van der Waals surface area contributed by atoms with Gasteiger partial charge in [-0.2, -0.15) is 4.98 Å². The lowest BCUT2D eigenvalue weighted by Gasteiger charge is -2.24. The number of aromatic nitrogens is 2. The van der Waals surface area contributed by atoms with E-state index in [0.29, 0.717) is 24.1 Å². The maximum absolute atomic E-state index is 6.30. The fraction of sp³-hybridized carbons (Fsp3) is 0.500. The van der Waals surface area contributed by atoms with Gasteiger partial charge in [0.25, 0.3) is 0 Å². The average molecular weight is 350 g/mol. The summed E-state index contributed by atoms with van der Waals surface area (Å²) < 4.78 is 6.44. The van der Waals surface area contributed by atoms with Gasteiger partial charge in [0.05, 0.1) is 6.04 Å². The van der Waals surface area contributed by atoms with Gasteiger partial charge in [-0.05, 0) is 36.5 Å². The topological polar surface area (TPSA) is 64.9 Å². The number of rotatable bonds is 4. The third kappa shape index (κ3) is 3.71. The molecule has 3 rings (SSSR count). The average Bonchev–Trinajstić information content (AvgIpc) is 2.96. The first kappa shape index (κ1) is 14.7. The fourth-order valence-corrected chi connectivity index (χ4v) is 3.45. The molecule has 2 N–H and O–H groups in total. The van der Waals surface area contributed by atoms with Crippen molar-refractivity contribution >= 4 is 15.9 Å². The Kier molecular flexibility index (Phi) is 4.70. The molecule has 1 aromatic carbocycles. The molecule has 0 spiro atoms. The molecule has 1 fully saturated rings. The van der Waals surface area contributed by atoms with E-state index in [2.05, 4.69) is 38.2 Å². The molecule has 21 heavy (non-hydrogen) atoms. The zero-order valence-electron chi connectivity index (χ0n) is 12.0. The minimum absolute atomic E-state index is 0.117. The van der Waals surface area contributed by atoms with E-state index in [4.69, 9.17) is 10.3 Å². The summed E-state index contributed by atoms with van der Waals surface area (Å²) in [6, 6.07) is 8.02. The summed E-state index contributed by atoms with van der Waals surface area (Å²) in [6.45, 7) is 0. The van der Waals surface area contributed by atoms with Gasteiger partial charge in [0.15, 0.2) is 5.82 Å². The van der Waals surface area contributed by atoms with Crippen LogP contribution in [0.25, 0.3) is 0 Å². The van der Waals surface area contributed by atoms with Crippen LogP contribution >= 0.6 is 15.9 Å². The molecule has 0 amide bonds. The SMILES string of the molecule is NC(c1nc(Cc2cccc(Br)c2)no1)C1CCCCC1. The van der Waals surface area contributed by atoms with Gasteiger partial charge in [-0.15, -0.1) is 0 Å². The first-order chi connectivity index (χ1) is 10.2. The zero-order chi connectivity index (χ0) is 14.7. The van der Waals surface area contributed by atoms with Crippen molar-refractivity contribution in [2.45, 2.75) is 44.6 Å². The van der Waals surface area contributed by atoms with Gasteiger partial charge in [-0.1, -0.05) is 52.5 Å². The van der Waals surface area contributed by atoms with Crippen LogP contribution < -0.4 is 5.73 Å². The number of nitrogens with zero attached hydrogens (tertiary/aromatic N) is 2. The van der Waals surface area contributed by atoms with Gasteiger partial charge in [0, 0.05) is 10.9 Å². The zero-order valence-corrected chi connectivity index (χ0v) is 13.6. The van der Waals surface area contributed by atoms with Gasteiger partial charge < -0.3 is 10.3 Å². The van der Waals surface area contributed by atoms with Gasteiger partial charge in [0.1, 0.15) is 0 Å². The van der Waals surface area contributed by atoms with Crippen LogP contribution in [-0.4, -0.2) is 10.1 Å². The summed E-state index contributed by atoms with van der Waals surface area (Å²) in [4.78, 5) is 4.49. The third-order valence-corrected chi connectivity index (χ3v) is 4.67. The van der Waals surface area contributed by atoms with Crippen LogP contribution in [0.2, 0.25) is 0 Å². The number of halogens is 1. The minimum Gasteiger partial charge on any atom is -0.338 e. The van der Waals surface area contributed by atoms with Gasteiger partial charge in [0.2, 0.25) is 5.89 Å². The van der Waals surface area contributed by atoms with Crippen LogP contribution in [-0.2, 0) is 6.42 Å². The van der Waals surface area contributed by atoms with Crippen LogP contribution in [0, 0.1) is 5.92 Å².